The summed E-state index contributed by atoms with van der Waals surface area (Å²) in [5, 5.41) is 12.8. The number of aliphatic carboxylic acids is 1. The van der Waals surface area contributed by atoms with Crippen molar-refractivity contribution in [1.29, 1.82) is 0 Å². The first-order valence-corrected chi connectivity index (χ1v) is 12.2. The highest BCUT2D eigenvalue weighted by atomic mass is 35.5. The van der Waals surface area contributed by atoms with E-state index in [2.05, 4.69) is 5.32 Å². The van der Waals surface area contributed by atoms with E-state index in [1.54, 1.807) is 13.8 Å². The van der Waals surface area contributed by atoms with Gasteiger partial charge in [0.25, 0.3) is 0 Å². The molecule has 210 valence electrons. The van der Waals surface area contributed by atoms with Crippen LogP contribution in [0.3, 0.4) is 0 Å². The van der Waals surface area contributed by atoms with E-state index < -0.39 is 30.1 Å². The number of nitrogens with one attached hydrogen (secondary N) is 1. The molecule has 0 radical (unpaired) electrons. The summed E-state index contributed by atoms with van der Waals surface area (Å²) in [5.41, 5.74) is 2.97. The average molecular weight is 549 g/mol. The van der Waals surface area contributed by atoms with Crippen molar-refractivity contribution in [2.75, 3.05) is 6.61 Å². The van der Waals surface area contributed by atoms with Gasteiger partial charge in [0.2, 0.25) is 5.91 Å². The van der Waals surface area contributed by atoms with Gasteiger partial charge in [-0.15, -0.1) is 12.4 Å². The van der Waals surface area contributed by atoms with Gasteiger partial charge in [-0.25, -0.2) is 4.79 Å². The van der Waals surface area contributed by atoms with Gasteiger partial charge in [0.05, 0.1) is 12.6 Å². The number of amides is 1. The fourth-order valence-electron chi connectivity index (χ4n) is 4.06. The first-order valence-electron chi connectivity index (χ1n) is 12.2. The van der Waals surface area contributed by atoms with Gasteiger partial charge in [0.1, 0.15) is 17.9 Å². The summed E-state index contributed by atoms with van der Waals surface area (Å²) in [6, 6.07) is 15.0. The fourth-order valence-corrected chi connectivity index (χ4v) is 4.06. The summed E-state index contributed by atoms with van der Waals surface area (Å²) < 4.78 is 5.20. The monoisotopic (exact) mass is 548 g/mol. The molecule has 1 heterocycles. The van der Waals surface area contributed by atoms with Crippen LogP contribution in [-0.2, 0) is 43.3 Å². The summed E-state index contributed by atoms with van der Waals surface area (Å²) in [5.74, 6) is -1.63. The normalized spacial score (nSPS) is 15.2. The molecule has 3 rings (SSSR count). The molecule has 0 spiro atoms. The Morgan fingerprint density at radius 3 is 2.13 bits per heavy atom. The van der Waals surface area contributed by atoms with E-state index in [-0.39, 0.29) is 51.1 Å². The molecular formula is C29H41ClN2O6. The summed E-state index contributed by atoms with van der Waals surface area (Å²) in [7, 11) is 0. The first-order chi connectivity index (χ1) is 17.1. The Morgan fingerprint density at radius 2 is 1.58 bits per heavy atom. The Hall–Kier alpha value is -3.23. The van der Waals surface area contributed by atoms with Gasteiger partial charge in [-0.3, -0.25) is 14.9 Å². The second-order valence-electron chi connectivity index (χ2n) is 8.92. The third kappa shape index (κ3) is 10.6. The Kier molecular flexibility index (Phi) is 15.8. The van der Waals surface area contributed by atoms with Crippen molar-refractivity contribution in [3.05, 3.63) is 71.3 Å². The standard InChI is InChI=1S/C25H30N2O5.C3H6O.CH4.ClH/c1-3-32-25(31)21(14-13-18-9-5-4-6-10-18)26-17(2)23(28)27-16-20-12-8-7-11-19(20)15-22(27)24(29)30;1-3(2)4;;/h4-12,17,21-22,26H,3,13-16H2,1-2H3,(H,29,30);1-2H3;1H4;1H/t17-,21-,22-;;;/m0.../s1. The van der Waals surface area contributed by atoms with E-state index in [9.17, 15) is 24.3 Å². The highest BCUT2D eigenvalue weighted by molar-refractivity contribution is 5.88. The lowest BCUT2D eigenvalue weighted by Crippen LogP contribution is -2.56. The number of halogens is 1. The summed E-state index contributed by atoms with van der Waals surface area (Å²) in [4.78, 5) is 48.5. The van der Waals surface area contributed by atoms with Crippen LogP contribution in [0.2, 0.25) is 0 Å². The molecule has 0 aliphatic carbocycles. The predicted molar refractivity (Wildman–Crippen MR) is 150 cm³/mol. The average Bonchev–Trinajstić information content (AvgIpc) is 2.85. The number of esters is 1. The maximum atomic E-state index is 13.3. The minimum atomic E-state index is -1.04. The zero-order valence-corrected chi connectivity index (χ0v) is 22.6. The van der Waals surface area contributed by atoms with Crippen LogP contribution in [0.15, 0.2) is 54.6 Å². The number of hydrogen-bond donors (Lipinski definition) is 2. The van der Waals surface area contributed by atoms with Crippen LogP contribution in [0.1, 0.15) is 58.2 Å². The number of carbonyl (C=O) groups is 4. The summed E-state index contributed by atoms with van der Waals surface area (Å²) in [6.07, 6.45) is 1.37. The minimum absolute atomic E-state index is 0. The topological polar surface area (TPSA) is 113 Å². The number of nitrogens with zero attached hydrogens (tertiary/aromatic N) is 1. The van der Waals surface area contributed by atoms with Crippen LogP contribution < -0.4 is 5.32 Å². The molecule has 1 aliphatic heterocycles. The van der Waals surface area contributed by atoms with E-state index in [0.29, 0.717) is 12.8 Å². The number of rotatable bonds is 9. The van der Waals surface area contributed by atoms with Gasteiger partial charge in [0, 0.05) is 13.0 Å². The van der Waals surface area contributed by atoms with Gasteiger partial charge in [0.15, 0.2) is 0 Å². The number of ketones is 1. The van der Waals surface area contributed by atoms with Crippen molar-refractivity contribution in [3.8, 4) is 0 Å². The van der Waals surface area contributed by atoms with Crippen LogP contribution >= 0.6 is 12.4 Å². The van der Waals surface area contributed by atoms with Crippen LogP contribution in [0.25, 0.3) is 0 Å². The molecule has 3 atom stereocenters. The van der Waals surface area contributed by atoms with E-state index >= 15 is 0 Å². The highest BCUT2D eigenvalue weighted by Gasteiger charge is 2.37. The molecule has 2 aromatic rings. The van der Waals surface area contributed by atoms with Gasteiger partial charge >= 0.3 is 11.9 Å². The van der Waals surface area contributed by atoms with Gasteiger partial charge in [-0.2, -0.15) is 0 Å². The zero-order chi connectivity index (χ0) is 26.7. The molecule has 0 aromatic heterocycles. The Labute approximate surface area is 232 Å². The molecule has 1 aliphatic rings. The number of carboxylic acid groups (broad SMARTS) is 1. The van der Waals surface area contributed by atoms with E-state index in [0.717, 1.165) is 16.7 Å². The van der Waals surface area contributed by atoms with Crippen LogP contribution in [-0.4, -0.2) is 58.4 Å². The number of carbonyl (C=O) groups excluding carboxylic acids is 3. The molecule has 0 fully saturated rings. The number of aryl methyl sites for hydroxylation is 1. The second-order valence-corrected chi connectivity index (χ2v) is 8.92. The maximum absolute atomic E-state index is 13.3. The number of Topliss-reactive ketones (excluding diaryl/α,β-unsaturated/α-hetero) is 1. The summed E-state index contributed by atoms with van der Waals surface area (Å²) in [6.45, 7) is 6.93. The SMILES string of the molecule is C.CC(C)=O.CCOC(=O)[C@H](CCc1ccccc1)N[C@@H](C)C(=O)N1Cc2ccccc2C[C@H]1C(=O)O.Cl. The van der Waals surface area contributed by atoms with E-state index in [1.807, 2.05) is 54.6 Å². The number of fused-ring (bicyclic) bond motifs is 1. The number of carboxylic acids is 1. The number of ether oxygens (including phenoxy) is 1. The van der Waals surface area contributed by atoms with Gasteiger partial charge in [-0.1, -0.05) is 62.0 Å². The van der Waals surface area contributed by atoms with Crippen molar-refractivity contribution in [2.24, 2.45) is 0 Å². The van der Waals surface area contributed by atoms with Crippen LogP contribution in [0, 0.1) is 0 Å². The van der Waals surface area contributed by atoms with Crippen molar-refractivity contribution in [1.82, 2.24) is 10.2 Å². The summed E-state index contributed by atoms with van der Waals surface area (Å²) >= 11 is 0. The van der Waals surface area contributed by atoms with Gasteiger partial charge in [-0.05, 0) is 57.2 Å². The maximum Gasteiger partial charge on any atom is 0.326 e. The quantitative estimate of drug-likeness (QED) is 0.451. The third-order valence-corrected chi connectivity index (χ3v) is 5.77. The van der Waals surface area contributed by atoms with Gasteiger partial charge < -0.3 is 19.5 Å². The molecule has 2 aromatic carbocycles. The predicted octanol–water partition coefficient (Wildman–Crippen LogP) is 4.22. The van der Waals surface area contributed by atoms with Crippen LogP contribution in [0.5, 0.6) is 0 Å². The molecule has 2 N–H and O–H groups in total. The lowest BCUT2D eigenvalue weighted by Gasteiger charge is -2.36. The number of benzene rings is 2. The van der Waals surface area contributed by atoms with Crippen molar-refractivity contribution < 1.29 is 29.0 Å². The third-order valence-electron chi connectivity index (χ3n) is 5.77. The molecule has 0 unspecified atom stereocenters. The fraction of sp³-hybridized carbons (Fsp3) is 0.448. The van der Waals surface area contributed by atoms with Crippen molar-refractivity contribution >= 4 is 36.0 Å². The Bertz CT molecular complexity index is 1040. The molecule has 0 bridgehead atoms. The Morgan fingerprint density at radius 1 is 1.03 bits per heavy atom. The molecular weight excluding hydrogens is 508 g/mol. The molecule has 0 saturated carbocycles. The van der Waals surface area contributed by atoms with Crippen molar-refractivity contribution in [3.63, 3.8) is 0 Å². The van der Waals surface area contributed by atoms with Crippen LogP contribution in [0.4, 0.5) is 0 Å². The minimum Gasteiger partial charge on any atom is -0.480 e. The lowest BCUT2D eigenvalue weighted by atomic mass is 9.93. The molecule has 8 nitrogen and oxygen atoms in total. The molecule has 0 saturated heterocycles. The molecule has 1 amide bonds. The Balaban J connectivity index is 0.00000213. The molecule has 38 heavy (non-hydrogen) atoms. The highest BCUT2D eigenvalue weighted by Crippen LogP contribution is 2.24. The van der Waals surface area contributed by atoms with Crippen molar-refractivity contribution in [2.45, 2.75) is 79.1 Å². The molecule has 9 heteroatoms. The largest absolute Gasteiger partial charge is 0.480 e. The first kappa shape index (κ1) is 34.8. The second kappa shape index (κ2) is 17.3. The smallest absolute Gasteiger partial charge is 0.326 e. The zero-order valence-electron chi connectivity index (χ0n) is 21.8. The van der Waals surface area contributed by atoms with E-state index in [1.165, 1.54) is 18.7 Å². The number of hydrogen-bond acceptors (Lipinski definition) is 6. The lowest BCUT2D eigenvalue weighted by molar-refractivity contribution is -0.153. The van der Waals surface area contributed by atoms with E-state index in [4.69, 9.17) is 4.74 Å².